The molecule has 4 N–H and O–H groups in total. The first-order valence-corrected chi connectivity index (χ1v) is 4.06. The molecule has 0 heterocycles. The van der Waals surface area contributed by atoms with Gasteiger partial charge in [0.15, 0.2) is 0 Å². The van der Waals surface area contributed by atoms with Gasteiger partial charge in [-0.1, -0.05) is 0 Å². The lowest BCUT2D eigenvalue weighted by Gasteiger charge is -2.05. The number of anilines is 2. The van der Waals surface area contributed by atoms with Crippen LogP contribution < -0.4 is 10.6 Å². The zero-order valence-electron chi connectivity index (χ0n) is 7.89. The molecule has 0 saturated carbocycles. The Morgan fingerprint density at radius 1 is 1.06 bits per heavy atom. The van der Waals surface area contributed by atoms with E-state index in [0.29, 0.717) is 0 Å². The van der Waals surface area contributed by atoms with E-state index in [1.165, 1.54) is 18.2 Å². The molecule has 0 atom stereocenters. The highest BCUT2D eigenvalue weighted by molar-refractivity contribution is 5.87. The average molecular weight is 221 g/mol. The van der Waals surface area contributed by atoms with Crippen molar-refractivity contribution < 1.29 is 19.8 Å². The Morgan fingerprint density at radius 3 is 1.81 bits per heavy atom. The SMILES string of the molecule is N#Cc1cc(NC(=O)O)cc(NC(=O)O)c1. The number of carboxylic acid groups (broad SMARTS) is 2. The van der Waals surface area contributed by atoms with E-state index >= 15 is 0 Å². The molecule has 0 aliphatic heterocycles. The van der Waals surface area contributed by atoms with Gasteiger partial charge < -0.3 is 10.2 Å². The summed E-state index contributed by atoms with van der Waals surface area (Å²) < 4.78 is 0. The van der Waals surface area contributed by atoms with Crippen molar-refractivity contribution in [3.8, 4) is 6.07 Å². The van der Waals surface area contributed by atoms with Crippen LogP contribution in [0.5, 0.6) is 0 Å². The number of hydrogen-bond acceptors (Lipinski definition) is 3. The van der Waals surface area contributed by atoms with Crippen LogP contribution in [-0.2, 0) is 0 Å². The third kappa shape index (κ3) is 3.19. The van der Waals surface area contributed by atoms with Crippen molar-refractivity contribution >= 4 is 23.6 Å². The molecule has 0 spiro atoms. The predicted molar refractivity (Wildman–Crippen MR) is 54.5 cm³/mol. The van der Waals surface area contributed by atoms with Gasteiger partial charge in [0.25, 0.3) is 0 Å². The maximum absolute atomic E-state index is 10.4. The molecular weight excluding hydrogens is 214 g/mol. The fourth-order valence-electron chi connectivity index (χ4n) is 1.08. The second-order valence-electron chi connectivity index (χ2n) is 2.77. The van der Waals surface area contributed by atoms with Gasteiger partial charge >= 0.3 is 12.2 Å². The largest absolute Gasteiger partial charge is 0.465 e. The molecule has 82 valence electrons. The first-order valence-electron chi connectivity index (χ1n) is 4.06. The molecule has 0 bridgehead atoms. The average Bonchev–Trinajstić information content (AvgIpc) is 2.14. The number of hydrogen-bond donors (Lipinski definition) is 4. The Kier molecular flexibility index (Phi) is 3.29. The monoisotopic (exact) mass is 221 g/mol. The Hall–Kier alpha value is -2.75. The summed E-state index contributed by atoms with van der Waals surface area (Å²) in [4.78, 5) is 20.7. The van der Waals surface area contributed by atoms with E-state index in [-0.39, 0.29) is 16.9 Å². The maximum Gasteiger partial charge on any atom is 0.409 e. The van der Waals surface area contributed by atoms with Crippen molar-refractivity contribution in [2.24, 2.45) is 0 Å². The lowest BCUT2D eigenvalue weighted by atomic mass is 10.2. The minimum absolute atomic E-state index is 0.121. The van der Waals surface area contributed by atoms with E-state index in [4.69, 9.17) is 15.5 Å². The van der Waals surface area contributed by atoms with Crippen molar-refractivity contribution in [1.82, 2.24) is 0 Å². The Labute approximate surface area is 89.9 Å². The van der Waals surface area contributed by atoms with Crippen LogP contribution in [-0.4, -0.2) is 22.4 Å². The van der Waals surface area contributed by atoms with Crippen LogP contribution in [0.4, 0.5) is 21.0 Å². The van der Waals surface area contributed by atoms with Crippen LogP contribution in [0.15, 0.2) is 18.2 Å². The summed E-state index contributed by atoms with van der Waals surface area (Å²) in [5, 5.41) is 29.7. The lowest BCUT2D eigenvalue weighted by molar-refractivity contribution is 0.208. The number of benzene rings is 1. The molecule has 7 heteroatoms. The number of rotatable bonds is 2. The second kappa shape index (κ2) is 4.65. The lowest BCUT2D eigenvalue weighted by Crippen LogP contribution is -2.10. The van der Waals surface area contributed by atoms with Crippen LogP contribution in [0.2, 0.25) is 0 Å². The predicted octanol–water partition coefficient (Wildman–Crippen LogP) is 1.74. The first-order chi connectivity index (χ1) is 7.51. The fraction of sp³-hybridized carbons (Fsp3) is 0. The van der Waals surface area contributed by atoms with Crippen LogP contribution in [0, 0.1) is 11.3 Å². The molecule has 0 radical (unpaired) electrons. The number of carbonyl (C=O) groups is 2. The van der Waals surface area contributed by atoms with Gasteiger partial charge in [-0.05, 0) is 18.2 Å². The molecule has 1 aromatic carbocycles. The number of nitrogens with one attached hydrogen (secondary N) is 2. The summed E-state index contributed by atoms with van der Waals surface area (Å²) in [5.41, 5.74) is 0.389. The highest BCUT2D eigenvalue weighted by Gasteiger charge is 2.05. The van der Waals surface area contributed by atoms with Crippen molar-refractivity contribution in [2.75, 3.05) is 10.6 Å². The Bertz CT molecular complexity index is 444. The molecule has 7 nitrogen and oxygen atoms in total. The molecule has 1 rings (SSSR count). The summed E-state index contributed by atoms with van der Waals surface area (Å²) >= 11 is 0. The molecule has 0 fully saturated rings. The van der Waals surface area contributed by atoms with Gasteiger partial charge in [0, 0.05) is 11.4 Å². The van der Waals surface area contributed by atoms with E-state index in [1.54, 1.807) is 6.07 Å². The fourth-order valence-corrected chi connectivity index (χ4v) is 1.08. The molecule has 0 unspecified atom stereocenters. The van der Waals surface area contributed by atoms with Crippen molar-refractivity contribution in [3.05, 3.63) is 23.8 Å². The van der Waals surface area contributed by atoms with E-state index in [9.17, 15) is 9.59 Å². The zero-order valence-corrected chi connectivity index (χ0v) is 7.89. The summed E-state index contributed by atoms with van der Waals surface area (Å²) in [7, 11) is 0. The Morgan fingerprint density at radius 2 is 1.50 bits per heavy atom. The van der Waals surface area contributed by atoms with Crippen LogP contribution in [0.3, 0.4) is 0 Å². The minimum Gasteiger partial charge on any atom is -0.465 e. The first kappa shape index (κ1) is 11.3. The summed E-state index contributed by atoms with van der Waals surface area (Å²) in [6.45, 7) is 0. The molecule has 16 heavy (non-hydrogen) atoms. The number of nitrogens with zero attached hydrogens (tertiary/aromatic N) is 1. The van der Waals surface area contributed by atoms with Crippen molar-refractivity contribution in [2.45, 2.75) is 0 Å². The third-order valence-corrected chi connectivity index (χ3v) is 1.56. The molecule has 2 amide bonds. The molecule has 0 saturated heterocycles. The molecular formula is C9H7N3O4. The molecule has 1 aromatic rings. The topological polar surface area (TPSA) is 122 Å². The summed E-state index contributed by atoms with van der Waals surface area (Å²) in [5.74, 6) is 0. The van der Waals surface area contributed by atoms with E-state index in [2.05, 4.69) is 0 Å². The quantitative estimate of drug-likeness (QED) is 0.605. The molecule has 0 aliphatic rings. The minimum atomic E-state index is -1.30. The molecule has 0 aliphatic carbocycles. The van der Waals surface area contributed by atoms with Gasteiger partial charge in [0.2, 0.25) is 0 Å². The summed E-state index contributed by atoms with van der Waals surface area (Å²) in [6.07, 6.45) is -2.59. The third-order valence-electron chi connectivity index (χ3n) is 1.56. The van der Waals surface area contributed by atoms with Crippen LogP contribution in [0.1, 0.15) is 5.56 Å². The van der Waals surface area contributed by atoms with Crippen molar-refractivity contribution in [3.63, 3.8) is 0 Å². The highest BCUT2D eigenvalue weighted by Crippen LogP contribution is 2.18. The number of nitriles is 1. The summed E-state index contributed by atoms with van der Waals surface area (Å²) in [6, 6.07) is 5.64. The van der Waals surface area contributed by atoms with E-state index in [1.807, 2.05) is 10.6 Å². The molecule has 0 aromatic heterocycles. The van der Waals surface area contributed by atoms with Gasteiger partial charge in [-0.3, -0.25) is 10.6 Å². The van der Waals surface area contributed by atoms with Gasteiger partial charge in [-0.25, -0.2) is 9.59 Å². The highest BCUT2D eigenvalue weighted by atomic mass is 16.4. The smallest absolute Gasteiger partial charge is 0.409 e. The maximum atomic E-state index is 10.4. The number of amides is 2. The van der Waals surface area contributed by atoms with Crippen LogP contribution >= 0.6 is 0 Å². The van der Waals surface area contributed by atoms with Gasteiger partial charge in [0.05, 0.1) is 11.6 Å². The van der Waals surface area contributed by atoms with Gasteiger partial charge in [0.1, 0.15) is 0 Å². The van der Waals surface area contributed by atoms with Gasteiger partial charge in [-0.15, -0.1) is 0 Å². The van der Waals surface area contributed by atoms with Gasteiger partial charge in [-0.2, -0.15) is 5.26 Å². The Balaban J connectivity index is 3.06. The zero-order chi connectivity index (χ0) is 12.1. The second-order valence-corrected chi connectivity index (χ2v) is 2.77. The van der Waals surface area contributed by atoms with Crippen LogP contribution in [0.25, 0.3) is 0 Å². The standard InChI is InChI=1S/C9H7N3O4/c10-4-5-1-6(11-8(13)14)3-7(2-5)12-9(15)16/h1-3,11-12H,(H,13,14)(H,15,16). The normalized spacial score (nSPS) is 8.94. The van der Waals surface area contributed by atoms with E-state index < -0.39 is 12.2 Å². The van der Waals surface area contributed by atoms with Crippen molar-refractivity contribution in [1.29, 1.82) is 5.26 Å². The van der Waals surface area contributed by atoms with E-state index in [0.717, 1.165) is 0 Å².